The van der Waals surface area contributed by atoms with Crippen LogP contribution in [0.3, 0.4) is 0 Å². The van der Waals surface area contributed by atoms with Gasteiger partial charge in [-0.05, 0) is 50.5 Å². The molecule has 6 heteroatoms. The largest absolute Gasteiger partial charge is 0.370 e. The van der Waals surface area contributed by atoms with Gasteiger partial charge in [-0.1, -0.05) is 11.2 Å². The first-order chi connectivity index (χ1) is 11.3. The van der Waals surface area contributed by atoms with Gasteiger partial charge < -0.3 is 9.84 Å². The lowest BCUT2D eigenvalue weighted by molar-refractivity contribution is 0.425. The van der Waals surface area contributed by atoms with E-state index in [0.717, 1.165) is 42.9 Å². The maximum Gasteiger partial charge on any atom is 0.259 e. The van der Waals surface area contributed by atoms with Crippen molar-refractivity contribution >= 4 is 5.82 Å². The number of nitrogens with one attached hydrogen (secondary N) is 1. The standard InChI is InChI=1S/C17H19N5O/c1-13-21-17(23-22-13)14-8-9-16(20-12-14)19-11-5-3-7-15-6-2-4-10-18-15/h2,4,6,8-10,12H,3,5,7,11H2,1H3,(H,19,20). The summed E-state index contributed by atoms with van der Waals surface area (Å²) in [4.78, 5) is 12.9. The number of anilines is 1. The maximum absolute atomic E-state index is 5.12. The Hall–Kier alpha value is -2.76. The van der Waals surface area contributed by atoms with Crippen LogP contribution >= 0.6 is 0 Å². The quantitative estimate of drug-likeness (QED) is 0.675. The van der Waals surface area contributed by atoms with Gasteiger partial charge in [-0.2, -0.15) is 4.98 Å². The molecule has 3 heterocycles. The van der Waals surface area contributed by atoms with Gasteiger partial charge in [0.15, 0.2) is 5.82 Å². The molecule has 0 fully saturated rings. The molecule has 0 spiro atoms. The van der Waals surface area contributed by atoms with E-state index in [2.05, 4.69) is 31.5 Å². The molecule has 0 radical (unpaired) electrons. The highest BCUT2D eigenvalue weighted by Gasteiger charge is 2.06. The molecule has 23 heavy (non-hydrogen) atoms. The minimum absolute atomic E-state index is 0.497. The van der Waals surface area contributed by atoms with Gasteiger partial charge in [-0.15, -0.1) is 0 Å². The highest BCUT2D eigenvalue weighted by molar-refractivity contribution is 5.53. The summed E-state index contributed by atoms with van der Waals surface area (Å²) < 4.78 is 5.12. The lowest BCUT2D eigenvalue weighted by Crippen LogP contribution is -2.03. The number of unbranched alkanes of at least 4 members (excludes halogenated alkanes) is 1. The van der Waals surface area contributed by atoms with Crippen molar-refractivity contribution in [1.29, 1.82) is 0 Å². The summed E-state index contributed by atoms with van der Waals surface area (Å²) in [5, 5.41) is 7.09. The zero-order chi connectivity index (χ0) is 15.9. The number of pyridine rings is 2. The molecular formula is C17H19N5O. The third kappa shape index (κ3) is 4.35. The number of hydrogen-bond acceptors (Lipinski definition) is 6. The fraction of sp³-hybridized carbons (Fsp3) is 0.294. The van der Waals surface area contributed by atoms with E-state index in [1.807, 2.05) is 30.5 Å². The van der Waals surface area contributed by atoms with Gasteiger partial charge in [0.05, 0.1) is 5.56 Å². The van der Waals surface area contributed by atoms with E-state index in [4.69, 9.17) is 4.52 Å². The van der Waals surface area contributed by atoms with E-state index in [0.29, 0.717) is 11.7 Å². The molecule has 118 valence electrons. The zero-order valence-corrected chi connectivity index (χ0v) is 13.1. The molecule has 3 aromatic rings. The molecule has 0 saturated heterocycles. The summed E-state index contributed by atoms with van der Waals surface area (Å²) >= 11 is 0. The van der Waals surface area contributed by atoms with Gasteiger partial charge in [-0.25, -0.2) is 4.98 Å². The molecular weight excluding hydrogens is 290 g/mol. The van der Waals surface area contributed by atoms with Crippen molar-refractivity contribution in [2.75, 3.05) is 11.9 Å². The van der Waals surface area contributed by atoms with Gasteiger partial charge in [0.25, 0.3) is 5.89 Å². The van der Waals surface area contributed by atoms with E-state index >= 15 is 0 Å². The second-order valence-electron chi connectivity index (χ2n) is 5.28. The van der Waals surface area contributed by atoms with Crippen LogP contribution in [0.25, 0.3) is 11.5 Å². The van der Waals surface area contributed by atoms with Gasteiger partial charge in [0.1, 0.15) is 5.82 Å². The highest BCUT2D eigenvalue weighted by Crippen LogP contribution is 2.17. The zero-order valence-electron chi connectivity index (χ0n) is 13.1. The summed E-state index contributed by atoms with van der Waals surface area (Å²) in [7, 11) is 0. The molecule has 1 N–H and O–H groups in total. The Bertz CT molecular complexity index is 724. The van der Waals surface area contributed by atoms with Crippen molar-refractivity contribution in [2.45, 2.75) is 26.2 Å². The molecule has 0 aromatic carbocycles. The van der Waals surface area contributed by atoms with E-state index < -0.39 is 0 Å². The smallest absolute Gasteiger partial charge is 0.259 e. The second-order valence-corrected chi connectivity index (χ2v) is 5.28. The number of nitrogens with zero attached hydrogens (tertiary/aromatic N) is 4. The van der Waals surface area contributed by atoms with Crippen LogP contribution in [-0.2, 0) is 6.42 Å². The average Bonchev–Trinajstić information content (AvgIpc) is 3.03. The van der Waals surface area contributed by atoms with E-state index in [1.165, 1.54) is 0 Å². The van der Waals surface area contributed by atoms with Crippen LogP contribution in [0.1, 0.15) is 24.4 Å². The van der Waals surface area contributed by atoms with Crippen LogP contribution in [0.4, 0.5) is 5.82 Å². The van der Waals surface area contributed by atoms with Crippen molar-refractivity contribution in [3.05, 3.63) is 54.2 Å². The minimum Gasteiger partial charge on any atom is -0.370 e. The van der Waals surface area contributed by atoms with Crippen molar-refractivity contribution < 1.29 is 4.52 Å². The third-order valence-electron chi connectivity index (χ3n) is 3.43. The first-order valence-corrected chi connectivity index (χ1v) is 7.72. The fourth-order valence-electron chi connectivity index (χ4n) is 2.23. The molecule has 0 bridgehead atoms. The van der Waals surface area contributed by atoms with Gasteiger partial charge in [-0.3, -0.25) is 4.98 Å². The molecule has 0 amide bonds. The monoisotopic (exact) mass is 309 g/mol. The first kappa shape index (κ1) is 15.1. The minimum atomic E-state index is 0.497. The number of rotatable bonds is 7. The summed E-state index contributed by atoms with van der Waals surface area (Å²) in [5.74, 6) is 1.97. The van der Waals surface area contributed by atoms with Crippen molar-refractivity contribution in [3.63, 3.8) is 0 Å². The van der Waals surface area contributed by atoms with E-state index in [-0.39, 0.29) is 0 Å². The van der Waals surface area contributed by atoms with Crippen LogP contribution < -0.4 is 5.32 Å². The van der Waals surface area contributed by atoms with Crippen LogP contribution in [0.5, 0.6) is 0 Å². The Kier molecular flexibility index (Phi) is 4.93. The lowest BCUT2D eigenvalue weighted by atomic mass is 10.2. The molecule has 0 aliphatic heterocycles. The van der Waals surface area contributed by atoms with Crippen molar-refractivity contribution in [3.8, 4) is 11.5 Å². The average molecular weight is 309 g/mol. The summed E-state index contributed by atoms with van der Waals surface area (Å²) in [5.41, 5.74) is 1.97. The fourth-order valence-corrected chi connectivity index (χ4v) is 2.23. The van der Waals surface area contributed by atoms with E-state index in [9.17, 15) is 0 Å². The molecule has 6 nitrogen and oxygen atoms in total. The van der Waals surface area contributed by atoms with Crippen molar-refractivity contribution in [1.82, 2.24) is 20.1 Å². The van der Waals surface area contributed by atoms with Crippen molar-refractivity contribution in [2.24, 2.45) is 0 Å². The summed E-state index contributed by atoms with van der Waals surface area (Å²) in [6, 6.07) is 9.88. The number of aryl methyl sites for hydroxylation is 2. The van der Waals surface area contributed by atoms with Gasteiger partial charge in [0.2, 0.25) is 0 Å². The SMILES string of the molecule is Cc1noc(-c2ccc(NCCCCc3ccccn3)nc2)n1. The Morgan fingerprint density at radius 3 is 2.74 bits per heavy atom. The summed E-state index contributed by atoms with van der Waals surface area (Å²) in [6.45, 7) is 2.68. The molecule has 3 rings (SSSR count). The molecule has 3 aromatic heterocycles. The van der Waals surface area contributed by atoms with Crippen LogP contribution in [0, 0.1) is 6.92 Å². The molecule has 0 unspecified atom stereocenters. The lowest BCUT2D eigenvalue weighted by Gasteiger charge is -2.05. The molecule has 0 aliphatic carbocycles. The first-order valence-electron chi connectivity index (χ1n) is 7.72. The Balaban J connectivity index is 1.42. The van der Waals surface area contributed by atoms with Crippen LogP contribution in [0.2, 0.25) is 0 Å². The van der Waals surface area contributed by atoms with Crippen LogP contribution in [0.15, 0.2) is 47.2 Å². The molecule has 0 atom stereocenters. The Labute approximate surface area is 135 Å². The normalized spacial score (nSPS) is 10.7. The predicted octanol–water partition coefficient (Wildman–Crippen LogP) is 3.27. The predicted molar refractivity (Wildman–Crippen MR) is 87.9 cm³/mol. The van der Waals surface area contributed by atoms with Crippen LogP contribution in [-0.4, -0.2) is 26.7 Å². The maximum atomic E-state index is 5.12. The number of hydrogen-bond donors (Lipinski definition) is 1. The third-order valence-corrected chi connectivity index (χ3v) is 3.43. The summed E-state index contributed by atoms with van der Waals surface area (Å²) in [6.07, 6.45) is 6.75. The van der Waals surface area contributed by atoms with E-state index in [1.54, 1.807) is 13.1 Å². The Morgan fingerprint density at radius 2 is 2.04 bits per heavy atom. The molecule has 0 saturated carbocycles. The second kappa shape index (κ2) is 7.49. The number of aromatic nitrogens is 4. The Morgan fingerprint density at radius 1 is 1.09 bits per heavy atom. The topological polar surface area (TPSA) is 76.7 Å². The van der Waals surface area contributed by atoms with Gasteiger partial charge >= 0.3 is 0 Å². The van der Waals surface area contributed by atoms with Gasteiger partial charge in [0, 0.05) is 24.6 Å². The highest BCUT2D eigenvalue weighted by atomic mass is 16.5. The molecule has 0 aliphatic rings.